The molecule has 0 aromatic heterocycles. The maximum atomic E-state index is 14.4. The van der Waals surface area contributed by atoms with Crippen LogP contribution in [-0.2, 0) is 5.41 Å². The molecule has 3 aromatic carbocycles. The lowest BCUT2D eigenvalue weighted by atomic mass is 9.71. The van der Waals surface area contributed by atoms with E-state index >= 15 is 0 Å². The van der Waals surface area contributed by atoms with E-state index in [1.807, 2.05) is 6.07 Å². The smallest absolute Gasteiger partial charge is 0.132 e. The van der Waals surface area contributed by atoms with E-state index in [-0.39, 0.29) is 11.1 Å². The summed E-state index contributed by atoms with van der Waals surface area (Å²) < 4.78 is 14.4. The van der Waals surface area contributed by atoms with Gasteiger partial charge in [0.25, 0.3) is 0 Å². The molecular weight excluding hydrogens is 361 g/mol. The summed E-state index contributed by atoms with van der Waals surface area (Å²) in [6, 6.07) is 21.2. The third-order valence-corrected chi connectivity index (χ3v) is 6.12. The predicted octanol–water partition coefficient (Wildman–Crippen LogP) is 6.92. The first kappa shape index (κ1) is 19.4. The van der Waals surface area contributed by atoms with Gasteiger partial charge in [-0.1, -0.05) is 80.4 Å². The molecule has 148 valence electrons. The van der Waals surface area contributed by atoms with Gasteiger partial charge in [-0.15, -0.1) is 0 Å². The van der Waals surface area contributed by atoms with E-state index in [4.69, 9.17) is 0 Å². The van der Waals surface area contributed by atoms with Crippen LogP contribution in [0.1, 0.15) is 61.8 Å². The number of benzene rings is 3. The fraction of sp³-hybridized carbons (Fsp3) is 0.269. The van der Waals surface area contributed by atoms with Gasteiger partial charge in [0, 0.05) is 16.5 Å². The largest absolute Gasteiger partial charge is 0.410 e. The van der Waals surface area contributed by atoms with Gasteiger partial charge in [0.05, 0.1) is 0 Å². The Balaban J connectivity index is 1.93. The molecule has 1 aliphatic rings. The van der Waals surface area contributed by atoms with Crippen molar-refractivity contribution < 1.29 is 9.60 Å². The van der Waals surface area contributed by atoms with Crippen molar-refractivity contribution in [3.8, 4) is 11.1 Å². The monoisotopic (exact) mass is 387 g/mol. The van der Waals surface area contributed by atoms with Gasteiger partial charge >= 0.3 is 0 Å². The summed E-state index contributed by atoms with van der Waals surface area (Å²) in [5.74, 6) is -0.391. The van der Waals surface area contributed by atoms with Gasteiger partial charge < -0.3 is 5.21 Å². The molecule has 29 heavy (non-hydrogen) atoms. The first-order valence-electron chi connectivity index (χ1n) is 10.4. The Morgan fingerprint density at radius 3 is 2.21 bits per heavy atom. The van der Waals surface area contributed by atoms with Crippen molar-refractivity contribution >= 4 is 5.71 Å². The molecule has 0 saturated heterocycles. The lowest BCUT2D eigenvalue weighted by molar-refractivity contribution is 0.319. The molecule has 0 amide bonds. The number of fused-ring (bicyclic) bond motifs is 3. The second kappa shape index (κ2) is 7.82. The zero-order valence-corrected chi connectivity index (χ0v) is 17.0. The highest BCUT2D eigenvalue weighted by molar-refractivity contribution is 6.13. The van der Waals surface area contributed by atoms with Crippen molar-refractivity contribution in [3.05, 3.63) is 94.8 Å². The average molecular weight is 387 g/mol. The Morgan fingerprint density at radius 2 is 1.52 bits per heavy atom. The fourth-order valence-corrected chi connectivity index (χ4v) is 5.04. The van der Waals surface area contributed by atoms with Crippen molar-refractivity contribution in [1.82, 2.24) is 0 Å². The topological polar surface area (TPSA) is 32.6 Å². The normalized spacial score (nSPS) is 14.5. The second-order valence-electron chi connectivity index (χ2n) is 7.82. The van der Waals surface area contributed by atoms with Gasteiger partial charge in [-0.25, -0.2) is 4.39 Å². The zero-order valence-electron chi connectivity index (χ0n) is 17.0. The van der Waals surface area contributed by atoms with Crippen LogP contribution in [0.15, 0.2) is 71.9 Å². The molecule has 1 aliphatic carbocycles. The van der Waals surface area contributed by atoms with Crippen LogP contribution < -0.4 is 0 Å². The summed E-state index contributed by atoms with van der Waals surface area (Å²) in [5.41, 5.74) is 6.41. The molecule has 0 heterocycles. The Bertz CT molecular complexity index is 1060. The van der Waals surface area contributed by atoms with E-state index in [9.17, 15) is 9.60 Å². The van der Waals surface area contributed by atoms with E-state index in [1.165, 1.54) is 28.3 Å². The van der Waals surface area contributed by atoms with Crippen LogP contribution in [0.4, 0.5) is 4.39 Å². The number of rotatable bonds is 6. The van der Waals surface area contributed by atoms with Gasteiger partial charge in [-0.3, -0.25) is 0 Å². The molecule has 0 fully saturated rings. The molecule has 0 spiro atoms. The molecule has 0 bridgehead atoms. The van der Waals surface area contributed by atoms with Crippen LogP contribution in [0.5, 0.6) is 0 Å². The van der Waals surface area contributed by atoms with Crippen molar-refractivity contribution in [3.63, 3.8) is 0 Å². The highest BCUT2D eigenvalue weighted by Crippen LogP contribution is 2.53. The van der Waals surface area contributed by atoms with Crippen molar-refractivity contribution in [1.29, 1.82) is 0 Å². The average Bonchev–Trinajstić information content (AvgIpc) is 3.01. The molecule has 3 aromatic rings. The van der Waals surface area contributed by atoms with Gasteiger partial charge in [0.1, 0.15) is 11.5 Å². The van der Waals surface area contributed by atoms with E-state index < -0.39 is 5.82 Å². The van der Waals surface area contributed by atoms with Crippen LogP contribution in [0.2, 0.25) is 0 Å². The number of oxime groups is 1. The highest BCUT2D eigenvalue weighted by Gasteiger charge is 2.41. The minimum absolute atomic E-state index is 0.0543. The Labute approximate surface area is 171 Å². The van der Waals surface area contributed by atoms with E-state index in [2.05, 4.69) is 55.4 Å². The first-order valence-corrected chi connectivity index (χ1v) is 10.4. The molecular formula is C26H26FNO. The quantitative estimate of drug-likeness (QED) is 0.278. The SMILES string of the molecule is CCCC1(CCC)c2ccccc2-c2ccc(C(=NO)c3ccccc3F)cc21. The summed E-state index contributed by atoms with van der Waals surface area (Å²) in [7, 11) is 0. The van der Waals surface area contributed by atoms with Gasteiger partial charge in [0.2, 0.25) is 0 Å². The molecule has 1 N–H and O–H groups in total. The predicted molar refractivity (Wildman–Crippen MR) is 116 cm³/mol. The maximum Gasteiger partial charge on any atom is 0.132 e. The molecule has 0 radical (unpaired) electrons. The Kier molecular flexibility index (Phi) is 5.23. The van der Waals surface area contributed by atoms with Crippen molar-refractivity contribution in [2.24, 2.45) is 5.16 Å². The lowest BCUT2D eigenvalue weighted by Crippen LogP contribution is -2.25. The minimum atomic E-state index is -0.391. The molecule has 0 aliphatic heterocycles. The summed E-state index contributed by atoms with van der Waals surface area (Å²) in [6.07, 6.45) is 4.26. The molecule has 3 heteroatoms. The van der Waals surface area contributed by atoms with Crippen molar-refractivity contribution in [2.45, 2.75) is 44.9 Å². The Hall–Kier alpha value is -2.94. The summed E-state index contributed by atoms with van der Waals surface area (Å²) >= 11 is 0. The summed E-state index contributed by atoms with van der Waals surface area (Å²) in [6.45, 7) is 4.45. The second-order valence-corrected chi connectivity index (χ2v) is 7.82. The van der Waals surface area contributed by atoms with Crippen LogP contribution in [0.3, 0.4) is 0 Å². The highest BCUT2D eigenvalue weighted by atomic mass is 19.1. The van der Waals surface area contributed by atoms with Crippen LogP contribution in [0, 0.1) is 5.82 Å². The zero-order chi connectivity index (χ0) is 20.4. The van der Waals surface area contributed by atoms with Gasteiger partial charge in [-0.2, -0.15) is 0 Å². The fourth-order valence-electron chi connectivity index (χ4n) is 5.04. The Morgan fingerprint density at radius 1 is 0.862 bits per heavy atom. The van der Waals surface area contributed by atoms with Crippen LogP contribution in [0.25, 0.3) is 11.1 Å². The molecule has 2 nitrogen and oxygen atoms in total. The third kappa shape index (κ3) is 3.05. The number of hydrogen-bond acceptors (Lipinski definition) is 2. The van der Waals surface area contributed by atoms with E-state index in [0.29, 0.717) is 5.56 Å². The van der Waals surface area contributed by atoms with Gasteiger partial charge in [0.15, 0.2) is 0 Å². The number of halogens is 1. The molecule has 0 unspecified atom stereocenters. The third-order valence-electron chi connectivity index (χ3n) is 6.12. The standard InChI is InChI=1S/C26H26FNO/c1-3-15-26(16-4-2)22-11-7-5-9-19(22)20-14-13-18(17-23(20)26)25(28-29)21-10-6-8-12-24(21)27/h5-14,17,29H,3-4,15-16H2,1-2H3. The lowest BCUT2D eigenvalue weighted by Gasteiger charge is -2.32. The maximum absolute atomic E-state index is 14.4. The van der Waals surface area contributed by atoms with E-state index in [1.54, 1.807) is 18.2 Å². The number of nitrogens with zero attached hydrogens (tertiary/aromatic N) is 1. The first-order chi connectivity index (χ1) is 14.2. The molecule has 0 saturated carbocycles. The van der Waals surface area contributed by atoms with E-state index in [0.717, 1.165) is 31.2 Å². The van der Waals surface area contributed by atoms with Crippen LogP contribution >= 0.6 is 0 Å². The summed E-state index contributed by atoms with van der Waals surface area (Å²) in [4.78, 5) is 0. The van der Waals surface area contributed by atoms with Crippen LogP contribution in [-0.4, -0.2) is 10.9 Å². The van der Waals surface area contributed by atoms with Gasteiger partial charge in [-0.05, 0) is 53.3 Å². The number of hydrogen-bond donors (Lipinski definition) is 1. The van der Waals surface area contributed by atoms with Crippen molar-refractivity contribution in [2.75, 3.05) is 0 Å². The molecule has 0 atom stereocenters. The molecule has 4 rings (SSSR count). The summed E-state index contributed by atoms with van der Waals surface area (Å²) in [5, 5.41) is 13.2. The minimum Gasteiger partial charge on any atom is -0.410 e.